The van der Waals surface area contributed by atoms with Gasteiger partial charge in [-0.05, 0) is 26.2 Å². The molecule has 0 bridgehead atoms. The molecule has 1 saturated carbocycles. The van der Waals surface area contributed by atoms with Crippen molar-refractivity contribution >= 4 is 0 Å². The summed E-state index contributed by atoms with van der Waals surface area (Å²) in [5.74, 6) is 0. The first-order valence-corrected chi connectivity index (χ1v) is 3.06. The van der Waals surface area contributed by atoms with Gasteiger partial charge in [-0.1, -0.05) is 0 Å². The summed E-state index contributed by atoms with van der Waals surface area (Å²) in [6.45, 7) is 1.78. The van der Waals surface area contributed by atoms with Crippen LogP contribution in [0.3, 0.4) is 0 Å². The van der Waals surface area contributed by atoms with Crippen LogP contribution in [0.2, 0.25) is 0 Å². The second-order valence-electron chi connectivity index (χ2n) is 2.87. The van der Waals surface area contributed by atoms with Crippen LogP contribution in [0.4, 0.5) is 4.39 Å². The number of rotatable bonds is 0. The first-order valence-electron chi connectivity index (χ1n) is 3.06. The Morgan fingerprint density at radius 2 is 2.38 bits per heavy atom. The number of nitrogens with two attached hydrogens (primary N) is 1. The van der Waals surface area contributed by atoms with E-state index in [0.29, 0.717) is 6.42 Å². The fourth-order valence-corrected chi connectivity index (χ4v) is 1.15. The van der Waals surface area contributed by atoms with Crippen LogP contribution in [0, 0.1) is 0 Å². The smallest absolute Gasteiger partial charge is 0.118 e. The van der Waals surface area contributed by atoms with Crippen molar-refractivity contribution < 1.29 is 4.39 Å². The minimum absolute atomic E-state index is 0.514. The zero-order chi connectivity index (χ0) is 6.20. The number of halogens is 1. The van der Waals surface area contributed by atoms with Gasteiger partial charge >= 0.3 is 0 Å². The van der Waals surface area contributed by atoms with Crippen LogP contribution in [-0.2, 0) is 0 Å². The Balaban J connectivity index is 2.54. The van der Waals surface area contributed by atoms with Crippen molar-refractivity contribution in [3.63, 3.8) is 0 Å². The Labute approximate surface area is 49.1 Å². The first kappa shape index (κ1) is 6.02. The first-order chi connectivity index (χ1) is 3.63. The molecule has 1 nitrogen and oxygen atoms in total. The van der Waals surface area contributed by atoms with Crippen LogP contribution in [-0.4, -0.2) is 11.7 Å². The highest BCUT2D eigenvalue weighted by Crippen LogP contribution is 2.29. The Bertz CT molecular complexity index is 90.5. The Hall–Kier alpha value is -0.110. The van der Waals surface area contributed by atoms with Gasteiger partial charge in [0.05, 0.1) is 0 Å². The normalized spacial score (nSPS) is 47.6. The summed E-state index contributed by atoms with van der Waals surface area (Å²) in [5.41, 5.74) is 5.03. The SMILES string of the molecule is C[C@@]1(N)CCCC1F. The summed E-state index contributed by atoms with van der Waals surface area (Å²) in [6.07, 6.45) is 1.69. The van der Waals surface area contributed by atoms with E-state index in [1.165, 1.54) is 0 Å². The van der Waals surface area contributed by atoms with E-state index >= 15 is 0 Å². The van der Waals surface area contributed by atoms with Crippen LogP contribution in [0.25, 0.3) is 0 Å². The molecule has 0 heterocycles. The lowest BCUT2D eigenvalue weighted by Gasteiger charge is -2.19. The van der Waals surface area contributed by atoms with Crippen LogP contribution in [0.1, 0.15) is 26.2 Å². The zero-order valence-corrected chi connectivity index (χ0v) is 5.15. The van der Waals surface area contributed by atoms with Gasteiger partial charge in [-0.25, -0.2) is 4.39 Å². The molecule has 0 aromatic rings. The summed E-state index contributed by atoms with van der Waals surface area (Å²) >= 11 is 0. The van der Waals surface area contributed by atoms with E-state index in [2.05, 4.69) is 0 Å². The standard InChI is InChI=1S/C6H12FN/c1-6(8)4-2-3-5(6)7/h5H,2-4,8H2,1H3/t5?,6-/m1/s1. The second-order valence-corrected chi connectivity index (χ2v) is 2.87. The molecule has 1 unspecified atom stereocenters. The van der Waals surface area contributed by atoms with E-state index in [-0.39, 0.29) is 0 Å². The van der Waals surface area contributed by atoms with Crippen molar-refractivity contribution in [1.82, 2.24) is 0 Å². The van der Waals surface area contributed by atoms with Gasteiger partial charge in [0.25, 0.3) is 0 Å². The highest BCUT2D eigenvalue weighted by molar-refractivity contribution is 4.92. The fraction of sp³-hybridized carbons (Fsp3) is 1.00. The molecule has 1 fully saturated rings. The zero-order valence-electron chi connectivity index (χ0n) is 5.15. The molecule has 1 aliphatic carbocycles. The summed E-state index contributed by atoms with van der Waals surface area (Å²) < 4.78 is 12.6. The molecule has 2 heteroatoms. The quantitative estimate of drug-likeness (QED) is 0.507. The largest absolute Gasteiger partial charge is 0.323 e. The molecule has 48 valence electrons. The molecule has 0 aromatic heterocycles. The average molecular weight is 117 g/mol. The molecule has 0 radical (unpaired) electrons. The van der Waals surface area contributed by atoms with Crippen LogP contribution in [0.5, 0.6) is 0 Å². The molecule has 2 N–H and O–H groups in total. The minimum Gasteiger partial charge on any atom is -0.323 e. The summed E-state index contributed by atoms with van der Waals surface area (Å²) in [6, 6.07) is 0. The van der Waals surface area contributed by atoms with Gasteiger partial charge in [0.1, 0.15) is 6.17 Å². The molecule has 8 heavy (non-hydrogen) atoms. The summed E-state index contributed by atoms with van der Waals surface area (Å²) in [4.78, 5) is 0. The molecular formula is C6H12FN. The molecule has 1 aliphatic rings. The third kappa shape index (κ3) is 0.848. The molecule has 0 spiro atoms. The predicted octanol–water partition coefficient (Wildman–Crippen LogP) is 1.23. The maximum absolute atomic E-state index is 12.6. The van der Waals surface area contributed by atoms with Crippen LogP contribution >= 0.6 is 0 Å². The number of alkyl halides is 1. The van der Waals surface area contributed by atoms with Gasteiger partial charge in [-0.15, -0.1) is 0 Å². The Morgan fingerprint density at radius 1 is 1.75 bits per heavy atom. The van der Waals surface area contributed by atoms with Gasteiger partial charge in [-0.2, -0.15) is 0 Å². The van der Waals surface area contributed by atoms with Gasteiger partial charge in [0.2, 0.25) is 0 Å². The minimum atomic E-state index is -0.762. The van der Waals surface area contributed by atoms with Crippen molar-refractivity contribution in [1.29, 1.82) is 0 Å². The van der Waals surface area contributed by atoms with Crippen LogP contribution < -0.4 is 5.73 Å². The highest BCUT2D eigenvalue weighted by Gasteiger charge is 2.34. The molecular weight excluding hydrogens is 105 g/mol. The van der Waals surface area contributed by atoms with E-state index in [1.807, 2.05) is 0 Å². The lowest BCUT2D eigenvalue weighted by atomic mass is 10.0. The second kappa shape index (κ2) is 1.69. The average Bonchev–Trinajstić information content (AvgIpc) is 1.86. The molecule has 2 atom stereocenters. The summed E-state index contributed by atoms with van der Waals surface area (Å²) in [5, 5.41) is 0. The van der Waals surface area contributed by atoms with E-state index in [0.717, 1.165) is 12.8 Å². The third-order valence-electron chi connectivity index (χ3n) is 1.89. The maximum atomic E-state index is 12.6. The predicted molar refractivity (Wildman–Crippen MR) is 31.3 cm³/mol. The molecule has 0 saturated heterocycles. The molecule has 0 aromatic carbocycles. The molecule has 1 rings (SSSR count). The molecule has 0 aliphatic heterocycles. The van der Waals surface area contributed by atoms with E-state index in [9.17, 15) is 4.39 Å². The number of hydrogen-bond donors (Lipinski definition) is 1. The van der Waals surface area contributed by atoms with E-state index in [1.54, 1.807) is 6.92 Å². The van der Waals surface area contributed by atoms with Gasteiger partial charge < -0.3 is 5.73 Å². The maximum Gasteiger partial charge on any atom is 0.118 e. The van der Waals surface area contributed by atoms with Crippen molar-refractivity contribution in [2.75, 3.05) is 0 Å². The Kier molecular flexibility index (Phi) is 1.27. The van der Waals surface area contributed by atoms with Gasteiger partial charge in [0, 0.05) is 5.54 Å². The lowest BCUT2D eigenvalue weighted by Crippen LogP contribution is -2.41. The van der Waals surface area contributed by atoms with E-state index in [4.69, 9.17) is 5.73 Å². The van der Waals surface area contributed by atoms with Crippen molar-refractivity contribution in [2.45, 2.75) is 37.9 Å². The van der Waals surface area contributed by atoms with Crippen molar-refractivity contribution in [3.8, 4) is 0 Å². The van der Waals surface area contributed by atoms with E-state index < -0.39 is 11.7 Å². The van der Waals surface area contributed by atoms with Gasteiger partial charge in [0.15, 0.2) is 0 Å². The summed E-state index contributed by atoms with van der Waals surface area (Å²) in [7, 11) is 0. The fourth-order valence-electron chi connectivity index (χ4n) is 1.15. The highest BCUT2D eigenvalue weighted by atomic mass is 19.1. The van der Waals surface area contributed by atoms with Crippen molar-refractivity contribution in [3.05, 3.63) is 0 Å². The van der Waals surface area contributed by atoms with Crippen molar-refractivity contribution in [2.24, 2.45) is 5.73 Å². The topological polar surface area (TPSA) is 26.0 Å². The van der Waals surface area contributed by atoms with Gasteiger partial charge in [-0.3, -0.25) is 0 Å². The third-order valence-corrected chi connectivity index (χ3v) is 1.89. The van der Waals surface area contributed by atoms with Crippen LogP contribution in [0.15, 0.2) is 0 Å². The number of hydrogen-bond acceptors (Lipinski definition) is 1. The molecule has 0 amide bonds. The lowest BCUT2D eigenvalue weighted by molar-refractivity contribution is 0.240. The monoisotopic (exact) mass is 117 g/mol. The Morgan fingerprint density at radius 3 is 2.50 bits per heavy atom.